The topological polar surface area (TPSA) is 42.0 Å². The number of nitrogens with zero attached hydrogens (tertiary/aromatic N) is 2. The minimum atomic E-state index is -0.569. The Balaban J connectivity index is 1.59. The molecule has 0 spiro atoms. The largest absolute Gasteiger partial charge is 0.368 e. The molecule has 1 atom stereocenters. The van der Waals surface area contributed by atoms with Gasteiger partial charge in [-0.15, -0.1) is 0 Å². The van der Waals surface area contributed by atoms with Crippen LogP contribution in [0.15, 0.2) is 54.6 Å². The number of benzene rings is 2. The molecular formula is C21H24Cl2N2O3. The van der Waals surface area contributed by atoms with Crippen LogP contribution in [-0.2, 0) is 13.8 Å². The Hall–Kier alpha value is -1.63. The van der Waals surface area contributed by atoms with E-state index in [1.54, 1.807) is 0 Å². The van der Waals surface area contributed by atoms with E-state index in [1.807, 2.05) is 18.2 Å². The second-order valence-corrected chi connectivity index (χ2v) is 7.33. The van der Waals surface area contributed by atoms with Gasteiger partial charge in [0.25, 0.3) is 0 Å². The van der Waals surface area contributed by atoms with Crippen molar-refractivity contribution in [2.45, 2.75) is 6.04 Å². The summed E-state index contributed by atoms with van der Waals surface area (Å²) in [5.74, 6) is -0.569. The lowest BCUT2D eigenvalue weighted by Crippen LogP contribution is -2.48. The van der Waals surface area contributed by atoms with Crippen LogP contribution < -0.4 is 0 Å². The van der Waals surface area contributed by atoms with E-state index in [-0.39, 0.29) is 12.6 Å². The SMILES string of the molecule is O=C(COCCN1CCN(C(c2ccccc2)c2ccc(Cl)cc2)CC1)OCl. The van der Waals surface area contributed by atoms with Gasteiger partial charge in [-0.05, 0) is 23.3 Å². The first-order valence-corrected chi connectivity index (χ1v) is 10.0. The van der Waals surface area contributed by atoms with E-state index in [2.05, 4.69) is 50.5 Å². The first-order valence-electron chi connectivity index (χ1n) is 9.33. The zero-order valence-corrected chi connectivity index (χ0v) is 17.1. The van der Waals surface area contributed by atoms with Crippen LogP contribution in [0.4, 0.5) is 0 Å². The van der Waals surface area contributed by atoms with Crippen molar-refractivity contribution in [1.29, 1.82) is 0 Å². The first kappa shape index (κ1) is 21.1. The lowest BCUT2D eigenvalue weighted by atomic mass is 9.96. The number of carbonyl (C=O) groups is 1. The van der Waals surface area contributed by atoms with Crippen molar-refractivity contribution in [3.05, 3.63) is 70.7 Å². The molecule has 0 aromatic heterocycles. The first-order chi connectivity index (χ1) is 13.7. The third-order valence-corrected chi connectivity index (χ3v) is 5.35. The van der Waals surface area contributed by atoms with Gasteiger partial charge in [0.2, 0.25) is 0 Å². The molecule has 1 aliphatic rings. The Labute approximate surface area is 175 Å². The van der Waals surface area contributed by atoms with Crippen LogP contribution in [0.3, 0.4) is 0 Å². The molecule has 0 radical (unpaired) electrons. The van der Waals surface area contributed by atoms with Crippen molar-refractivity contribution < 1.29 is 13.8 Å². The molecule has 3 rings (SSSR count). The number of rotatable bonds is 8. The van der Waals surface area contributed by atoms with Gasteiger partial charge in [-0.2, -0.15) is 0 Å². The van der Waals surface area contributed by atoms with Gasteiger partial charge in [0.05, 0.1) is 12.6 Å². The Kier molecular flexibility index (Phi) is 8.13. The smallest absolute Gasteiger partial charge is 0.350 e. The molecule has 0 saturated carbocycles. The molecule has 1 aliphatic heterocycles. The van der Waals surface area contributed by atoms with Gasteiger partial charge >= 0.3 is 5.97 Å². The van der Waals surface area contributed by atoms with Gasteiger partial charge in [0, 0.05) is 37.7 Å². The van der Waals surface area contributed by atoms with Crippen molar-refractivity contribution in [1.82, 2.24) is 9.80 Å². The van der Waals surface area contributed by atoms with Crippen LogP contribution in [0, 0.1) is 0 Å². The number of carbonyl (C=O) groups excluding carboxylic acids is 1. The number of hydrogen-bond acceptors (Lipinski definition) is 5. The van der Waals surface area contributed by atoms with E-state index in [0.29, 0.717) is 6.61 Å². The summed E-state index contributed by atoms with van der Waals surface area (Å²) in [4.78, 5) is 15.8. The lowest BCUT2D eigenvalue weighted by Gasteiger charge is -2.39. The maximum Gasteiger partial charge on any atom is 0.350 e. The minimum Gasteiger partial charge on any atom is -0.368 e. The Morgan fingerprint density at radius 3 is 2.25 bits per heavy atom. The molecule has 5 nitrogen and oxygen atoms in total. The van der Waals surface area contributed by atoms with Gasteiger partial charge in [-0.3, -0.25) is 9.80 Å². The Bertz CT molecular complexity index is 735. The highest BCUT2D eigenvalue weighted by atomic mass is 35.5. The molecule has 0 aliphatic carbocycles. The third-order valence-electron chi connectivity index (χ3n) is 4.93. The zero-order valence-electron chi connectivity index (χ0n) is 15.6. The predicted molar refractivity (Wildman–Crippen MR) is 111 cm³/mol. The van der Waals surface area contributed by atoms with Gasteiger partial charge in [-0.25, -0.2) is 4.79 Å². The van der Waals surface area contributed by atoms with Crippen LogP contribution in [0.1, 0.15) is 17.2 Å². The Morgan fingerprint density at radius 2 is 1.61 bits per heavy atom. The lowest BCUT2D eigenvalue weighted by molar-refractivity contribution is -0.139. The summed E-state index contributed by atoms with van der Waals surface area (Å²) in [5.41, 5.74) is 2.52. The van der Waals surface area contributed by atoms with Gasteiger partial charge in [0.1, 0.15) is 18.5 Å². The van der Waals surface area contributed by atoms with E-state index in [0.717, 1.165) is 37.7 Å². The molecule has 150 valence electrons. The average Bonchev–Trinajstić information content (AvgIpc) is 2.74. The van der Waals surface area contributed by atoms with Gasteiger partial charge < -0.3 is 9.03 Å². The molecule has 1 unspecified atom stereocenters. The molecule has 2 aromatic carbocycles. The van der Waals surface area contributed by atoms with Crippen LogP contribution in [0.25, 0.3) is 0 Å². The van der Waals surface area contributed by atoms with Crippen molar-refractivity contribution in [2.75, 3.05) is 45.9 Å². The molecule has 0 N–H and O–H groups in total. The minimum absolute atomic E-state index is 0.115. The van der Waals surface area contributed by atoms with Crippen LogP contribution >= 0.6 is 23.5 Å². The summed E-state index contributed by atoms with van der Waals surface area (Å²) >= 11 is 11.1. The predicted octanol–water partition coefficient (Wildman–Crippen LogP) is 3.76. The van der Waals surface area contributed by atoms with E-state index in [4.69, 9.17) is 28.2 Å². The summed E-state index contributed by atoms with van der Waals surface area (Å²) in [6, 6.07) is 18.9. The fraction of sp³-hybridized carbons (Fsp3) is 0.381. The molecule has 1 saturated heterocycles. The van der Waals surface area contributed by atoms with Crippen LogP contribution in [-0.4, -0.2) is 61.7 Å². The second-order valence-electron chi connectivity index (χ2n) is 6.74. The van der Waals surface area contributed by atoms with Crippen LogP contribution in [0.5, 0.6) is 0 Å². The van der Waals surface area contributed by atoms with Crippen LogP contribution in [0.2, 0.25) is 5.02 Å². The monoisotopic (exact) mass is 422 g/mol. The Morgan fingerprint density at radius 1 is 0.964 bits per heavy atom. The van der Waals surface area contributed by atoms with Crippen molar-refractivity contribution in [3.8, 4) is 0 Å². The average molecular weight is 423 g/mol. The standard InChI is InChI=1S/C21H24Cl2N2O3/c22-19-8-6-18(7-9-19)21(17-4-2-1-3-5-17)25-12-10-24(11-13-25)14-15-27-16-20(26)28-23/h1-9,21H,10-16H2. The summed E-state index contributed by atoms with van der Waals surface area (Å²) in [7, 11) is 0. The fourth-order valence-electron chi connectivity index (χ4n) is 3.51. The molecular weight excluding hydrogens is 399 g/mol. The molecule has 1 fully saturated rings. The number of piperazine rings is 1. The highest BCUT2D eigenvalue weighted by Crippen LogP contribution is 2.30. The fourth-order valence-corrected chi connectivity index (χ4v) is 3.68. The zero-order chi connectivity index (χ0) is 19.8. The van der Waals surface area contributed by atoms with Crippen molar-refractivity contribution in [3.63, 3.8) is 0 Å². The summed E-state index contributed by atoms with van der Waals surface area (Å²) in [6.07, 6.45) is 0. The quantitative estimate of drug-likeness (QED) is 0.605. The van der Waals surface area contributed by atoms with Crippen molar-refractivity contribution in [2.24, 2.45) is 0 Å². The van der Waals surface area contributed by atoms with Gasteiger partial charge in [0.15, 0.2) is 0 Å². The van der Waals surface area contributed by atoms with Gasteiger partial charge in [-0.1, -0.05) is 54.1 Å². The van der Waals surface area contributed by atoms with E-state index < -0.39 is 5.97 Å². The molecule has 1 heterocycles. The molecule has 28 heavy (non-hydrogen) atoms. The third kappa shape index (κ3) is 5.93. The maximum absolute atomic E-state index is 11.0. The van der Waals surface area contributed by atoms with E-state index in [9.17, 15) is 4.79 Å². The second kappa shape index (κ2) is 10.8. The number of hydrogen-bond donors (Lipinski definition) is 0. The number of ether oxygens (including phenoxy) is 1. The van der Waals surface area contributed by atoms with E-state index in [1.165, 1.54) is 11.1 Å². The van der Waals surface area contributed by atoms with Crippen molar-refractivity contribution >= 4 is 29.4 Å². The summed E-state index contributed by atoms with van der Waals surface area (Å²) in [6.45, 7) is 4.93. The van der Waals surface area contributed by atoms with E-state index >= 15 is 0 Å². The highest BCUT2D eigenvalue weighted by Gasteiger charge is 2.26. The maximum atomic E-state index is 11.0. The molecule has 0 bridgehead atoms. The number of halogens is 2. The molecule has 7 heteroatoms. The molecule has 0 amide bonds. The summed E-state index contributed by atoms with van der Waals surface area (Å²) < 4.78 is 9.34. The molecule has 2 aromatic rings. The summed E-state index contributed by atoms with van der Waals surface area (Å²) in [5, 5.41) is 0.749. The highest BCUT2D eigenvalue weighted by molar-refractivity contribution is 6.30. The normalized spacial score (nSPS) is 16.6.